The average Bonchev–Trinajstić information content (AvgIpc) is 3.31. The van der Waals surface area contributed by atoms with E-state index >= 15 is 0 Å². The number of carbonyl (C=O) groups is 2. The van der Waals surface area contributed by atoms with Gasteiger partial charge in [0.2, 0.25) is 0 Å². The van der Waals surface area contributed by atoms with Gasteiger partial charge in [0.25, 0.3) is 5.91 Å². The Hall–Kier alpha value is -3.16. The van der Waals surface area contributed by atoms with Crippen molar-refractivity contribution in [2.24, 2.45) is 0 Å². The number of aryl methyl sites for hydroxylation is 1. The molecule has 37 heavy (non-hydrogen) atoms. The number of anilines is 1. The van der Waals surface area contributed by atoms with E-state index in [1.54, 1.807) is 35.4 Å². The number of pyridine rings is 1. The summed E-state index contributed by atoms with van der Waals surface area (Å²) in [6.07, 6.45) is 3.76. The highest BCUT2D eigenvalue weighted by molar-refractivity contribution is 8.01. The quantitative estimate of drug-likeness (QED) is 0.329. The molecule has 3 aromatic rings. The Bertz CT molecular complexity index is 1380. The molecule has 1 aromatic carbocycles. The SMILES string of the molecule is CCSc1sc(CC)cc1[C@H]1C(C(=O)Nc2ccccn2)=C(C)NC2=C1C(=O)C[C@@H](c1ccccc1)C2. The van der Waals surface area contributed by atoms with Crippen molar-refractivity contribution in [2.75, 3.05) is 11.1 Å². The van der Waals surface area contributed by atoms with Crippen LogP contribution in [0.1, 0.15) is 61.5 Å². The summed E-state index contributed by atoms with van der Waals surface area (Å²) >= 11 is 3.56. The van der Waals surface area contributed by atoms with Gasteiger partial charge in [0.05, 0.1) is 4.21 Å². The number of aromatic nitrogens is 1. The van der Waals surface area contributed by atoms with Crippen molar-refractivity contribution in [2.45, 2.75) is 56.1 Å². The van der Waals surface area contributed by atoms with Gasteiger partial charge in [0.1, 0.15) is 5.82 Å². The van der Waals surface area contributed by atoms with Gasteiger partial charge in [-0.2, -0.15) is 0 Å². The Balaban J connectivity index is 1.61. The molecule has 5 nitrogen and oxygen atoms in total. The van der Waals surface area contributed by atoms with E-state index in [2.05, 4.69) is 47.7 Å². The molecule has 2 atom stereocenters. The second-order valence-electron chi connectivity index (χ2n) is 9.34. The van der Waals surface area contributed by atoms with Crippen LogP contribution >= 0.6 is 23.1 Å². The lowest BCUT2D eigenvalue weighted by atomic mass is 9.72. The van der Waals surface area contributed by atoms with E-state index in [-0.39, 0.29) is 17.6 Å². The number of hydrogen-bond donors (Lipinski definition) is 2. The third-order valence-electron chi connectivity index (χ3n) is 6.96. The number of nitrogens with one attached hydrogen (secondary N) is 2. The molecule has 7 heteroatoms. The fraction of sp³-hybridized carbons (Fsp3) is 0.300. The van der Waals surface area contributed by atoms with Crippen molar-refractivity contribution in [3.05, 3.63) is 99.3 Å². The number of nitrogens with zero attached hydrogens (tertiary/aromatic N) is 1. The van der Waals surface area contributed by atoms with Crippen molar-refractivity contribution < 1.29 is 9.59 Å². The number of hydrogen-bond acceptors (Lipinski definition) is 6. The second-order valence-corrected chi connectivity index (χ2v) is 12.0. The highest BCUT2D eigenvalue weighted by Gasteiger charge is 2.42. The van der Waals surface area contributed by atoms with Crippen molar-refractivity contribution in [1.29, 1.82) is 0 Å². The number of rotatable bonds is 7. The van der Waals surface area contributed by atoms with Crippen molar-refractivity contribution in [3.8, 4) is 0 Å². The van der Waals surface area contributed by atoms with Crippen LogP contribution in [0.3, 0.4) is 0 Å². The lowest BCUT2D eigenvalue weighted by Crippen LogP contribution is -2.37. The number of dihydropyridines is 1. The molecule has 0 saturated heterocycles. The number of carbonyl (C=O) groups excluding carboxylic acids is 2. The molecular formula is C30H31N3O2S2. The second kappa shape index (κ2) is 11.1. The minimum atomic E-state index is -0.408. The third kappa shape index (κ3) is 5.15. The minimum absolute atomic E-state index is 0.111. The average molecular weight is 530 g/mol. The van der Waals surface area contributed by atoms with Gasteiger partial charge in [-0.05, 0) is 60.8 Å². The van der Waals surface area contributed by atoms with Crippen LogP contribution in [0.15, 0.2) is 87.5 Å². The van der Waals surface area contributed by atoms with Crippen molar-refractivity contribution in [3.63, 3.8) is 0 Å². The Morgan fingerprint density at radius 3 is 2.62 bits per heavy atom. The maximum absolute atomic E-state index is 13.9. The monoisotopic (exact) mass is 529 g/mol. The molecule has 2 aliphatic rings. The summed E-state index contributed by atoms with van der Waals surface area (Å²) in [7, 11) is 0. The molecule has 0 saturated carbocycles. The zero-order chi connectivity index (χ0) is 25.9. The Morgan fingerprint density at radius 1 is 1.14 bits per heavy atom. The van der Waals surface area contributed by atoms with E-state index in [1.807, 2.05) is 37.3 Å². The van der Waals surface area contributed by atoms with Gasteiger partial charge >= 0.3 is 0 Å². The first-order valence-corrected chi connectivity index (χ1v) is 14.6. The Labute approximate surface area is 226 Å². The molecule has 5 rings (SSSR count). The van der Waals surface area contributed by atoms with Gasteiger partial charge in [-0.25, -0.2) is 4.98 Å². The fourth-order valence-corrected chi connectivity index (χ4v) is 7.67. The number of ketones is 1. The molecule has 1 aliphatic carbocycles. The predicted octanol–water partition coefficient (Wildman–Crippen LogP) is 6.82. The minimum Gasteiger partial charge on any atom is -0.362 e. The Kier molecular flexibility index (Phi) is 7.63. The first kappa shape index (κ1) is 25.5. The molecule has 2 N–H and O–H groups in total. The first-order chi connectivity index (χ1) is 18.0. The smallest absolute Gasteiger partial charge is 0.255 e. The van der Waals surface area contributed by atoms with Gasteiger partial charge < -0.3 is 10.6 Å². The van der Waals surface area contributed by atoms with E-state index in [0.29, 0.717) is 17.8 Å². The van der Waals surface area contributed by atoms with Crippen LogP contribution in [0.4, 0.5) is 5.82 Å². The number of Topliss-reactive ketones (excluding diaryl/α,β-unsaturated/α-hetero) is 1. The number of amides is 1. The van der Waals surface area contributed by atoms with Crippen molar-refractivity contribution >= 4 is 40.6 Å². The molecule has 190 valence electrons. The predicted molar refractivity (Wildman–Crippen MR) is 152 cm³/mol. The summed E-state index contributed by atoms with van der Waals surface area (Å²) in [5.74, 6) is 1.02. The maximum Gasteiger partial charge on any atom is 0.255 e. The van der Waals surface area contributed by atoms with Crippen LogP contribution in [0.2, 0.25) is 0 Å². The van der Waals surface area contributed by atoms with E-state index in [9.17, 15) is 9.59 Å². The van der Waals surface area contributed by atoms with Gasteiger partial charge in [-0.15, -0.1) is 23.1 Å². The normalized spacial score (nSPS) is 19.5. The number of thiophene rings is 1. The first-order valence-electron chi connectivity index (χ1n) is 12.8. The zero-order valence-corrected chi connectivity index (χ0v) is 23.0. The van der Waals surface area contributed by atoms with E-state index in [0.717, 1.165) is 41.1 Å². The molecule has 0 radical (unpaired) electrons. The largest absolute Gasteiger partial charge is 0.362 e. The summed E-state index contributed by atoms with van der Waals surface area (Å²) in [4.78, 5) is 33.2. The molecule has 3 heterocycles. The third-order valence-corrected chi connectivity index (χ3v) is 9.44. The molecule has 2 aromatic heterocycles. The number of benzene rings is 1. The highest BCUT2D eigenvalue weighted by Crippen LogP contribution is 2.49. The number of thioether (sulfide) groups is 1. The molecule has 1 aliphatic heterocycles. The van der Waals surface area contributed by atoms with Crippen LogP contribution in [0.25, 0.3) is 0 Å². The van der Waals surface area contributed by atoms with Gasteiger partial charge in [-0.3, -0.25) is 9.59 Å². The molecule has 1 amide bonds. The van der Waals surface area contributed by atoms with E-state index in [1.165, 1.54) is 14.6 Å². The number of allylic oxidation sites excluding steroid dienone is 3. The summed E-state index contributed by atoms with van der Waals surface area (Å²) in [5.41, 5.74) is 5.30. The van der Waals surface area contributed by atoms with Crippen LogP contribution in [0.5, 0.6) is 0 Å². The van der Waals surface area contributed by atoms with Crippen molar-refractivity contribution in [1.82, 2.24) is 10.3 Å². The summed E-state index contributed by atoms with van der Waals surface area (Å²) in [6, 6.07) is 17.9. The molecule has 0 unspecified atom stereocenters. The highest BCUT2D eigenvalue weighted by atomic mass is 32.2. The van der Waals surface area contributed by atoms with Crippen LogP contribution in [-0.4, -0.2) is 22.4 Å². The molecule has 0 fully saturated rings. The maximum atomic E-state index is 13.9. The van der Waals surface area contributed by atoms with E-state index in [4.69, 9.17) is 0 Å². The lowest BCUT2D eigenvalue weighted by molar-refractivity contribution is -0.116. The Morgan fingerprint density at radius 2 is 1.92 bits per heavy atom. The summed E-state index contributed by atoms with van der Waals surface area (Å²) < 4.78 is 1.19. The van der Waals surface area contributed by atoms with Gasteiger partial charge in [0, 0.05) is 46.0 Å². The standard InChI is InChI=1S/C30H31N3O2S2/c1-4-21-17-22(30(37-21)36-5-2)27-26(29(35)33-25-13-9-10-14-31-25)18(3)32-23-15-20(16-24(34)28(23)27)19-11-7-6-8-12-19/h6-14,17,20,27,32H,4-5,15-16H2,1-3H3,(H,31,33,35)/t20-,27-/m0/s1. The van der Waals surface area contributed by atoms with Gasteiger partial charge in [0.15, 0.2) is 5.78 Å². The lowest BCUT2D eigenvalue weighted by Gasteiger charge is -2.37. The molecule has 0 spiro atoms. The fourth-order valence-electron chi connectivity index (χ4n) is 5.29. The van der Waals surface area contributed by atoms with Crippen LogP contribution in [-0.2, 0) is 16.0 Å². The van der Waals surface area contributed by atoms with Crippen LogP contribution in [0, 0.1) is 0 Å². The van der Waals surface area contributed by atoms with Gasteiger partial charge in [-0.1, -0.05) is 50.2 Å². The topological polar surface area (TPSA) is 71.1 Å². The zero-order valence-electron chi connectivity index (χ0n) is 21.3. The van der Waals surface area contributed by atoms with Crippen LogP contribution < -0.4 is 10.6 Å². The van der Waals surface area contributed by atoms with E-state index < -0.39 is 5.92 Å². The molecular weight excluding hydrogens is 498 g/mol. The summed E-state index contributed by atoms with van der Waals surface area (Å²) in [6.45, 7) is 6.23. The molecule has 0 bridgehead atoms. The summed E-state index contributed by atoms with van der Waals surface area (Å²) in [5, 5.41) is 6.46.